The number of carbonyl (C=O) groups is 1. The first-order valence-corrected chi connectivity index (χ1v) is 8.23. The standard InChI is InChI=1S/C20H26N2O2/c1-5-22(17-9-7-6-8-10-17)19(23)21-15-20(2,3)16-11-13-18(24-4)14-12-16/h6-14H,5,15H2,1-4H3,(H,21,23). The van der Waals surface area contributed by atoms with Crippen molar-refractivity contribution in [1.82, 2.24) is 5.32 Å². The quantitative estimate of drug-likeness (QED) is 0.864. The number of nitrogens with zero attached hydrogens (tertiary/aromatic N) is 1. The summed E-state index contributed by atoms with van der Waals surface area (Å²) in [4.78, 5) is 14.3. The van der Waals surface area contributed by atoms with Crippen molar-refractivity contribution < 1.29 is 9.53 Å². The van der Waals surface area contributed by atoms with Crippen molar-refractivity contribution in [2.24, 2.45) is 0 Å². The van der Waals surface area contributed by atoms with Crippen molar-refractivity contribution in [3.63, 3.8) is 0 Å². The van der Waals surface area contributed by atoms with Crippen molar-refractivity contribution in [2.45, 2.75) is 26.2 Å². The molecule has 0 saturated carbocycles. The molecule has 0 aliphatic rings. The topological polar surface area (TPSA) is 41.6 Å². The molecule has 2 amide bonds. The highest BCUT2D eigenvalue weighted by molar-refractivity contribution is 5.91. The zero-order chi connectivity index (χ0) is 17.6. The van der Waals surface area contributed by atoms with Gasteiger partial charge >= 0.3 is 6.03 Å². The zero-order valence-corrected chi connectivity index (χ0v) is 14.9. The number of benzene rings is 2. The van der Waals surface area contributed by atoms with Crippen LogP contribution in [0.25, 0.3) is 0 Å². The number of urea groups is 1. The van der Waals surface area contributed by atoms with Crippen LogP contribution in [0, 0.1) is 0 Å². The fourth-order valence-corrected chi connectivity index (χ4v) is 2.59. The lowest BCUT2D eigenvalue weighted by atomic mass is 9.84. The summed E-state index contributed by atoms with van der Waals surface area (Å²) < 4.78 is 5.20. The van der Waals surface area contributed by atoms with Crippen LogP contribution in [0.4, 0.5) is 10.5 Å². The first kappa shape index (κ1) is 17.9. The third kappa shape index (κ3) is 4.28. The van der Waals surface area contributed by atoms with E-state index in [0.29, 0.717) is 13.1 Å². The molecule has 2 rings (SSSR count). The number of carbonyl (C=O) groups excluding carboxylic acids is 1. The van der Waals surface area contributed by atoms with Crippen LogP contribution in [-0.2, 0) is 5.41 Å². The third-order valence-corrected chi connectivity index (χ3v) is 4.18. The molecular weight excluding hydrogens is 300 g/mol. The van der Waals surface area contributed by atoms with Crippen LogP contribution in [-0.4, -0.2) is 26.2 Å². The predicted octanol–water partition coefficient (Wildman–Crippen LogP) is 4.21. The van der Waals surface area contributed by atoms with E-state index in [-0.39, 0.29) is 11.4 Å². The summed E-state index contributed by atoms with van der Waals surface area (Å²) in [5.74, 6) is 0.833. The lowest BCUT2D eigenvalue weighted by Crippen LogP contribution is -2.44. The van der Waals surface area contributed by atoms with Crippen molar-refractivity contribution >= 4 is 11.7 Å². The smallest absolute Gasteiger partial charge is 0.321 e. The van der Waals surface area contributed by atoms with Crippen molar-refractivity contribution in [2.75, 3.05) is 25.1 Å². The average molecular weight is 326 g/mol. The fourth-order valence-electron chi connectivity index (χ4n) is 2.59. The molecule has 4 heteroatoms. The molecule has 0 heterocycles. The predicted molar refractivity (Wildman–Crippen MR) is 98.9 cm³/mol. The van der Waals surface area contributed by atoms with Gasteiger partial charge in [0.1, 0.15) is 5.75 Å². The van der Waals surface area contributed by atoms with Gasteiger partial charge in [-0.15, -0.1) is 0 Å². The third-order valence-electron chi connectivity index (χ3n) is 4.18. The van der Waals surface area contributed by atoms with Gasteiger partial charge in [0.25, 0.3) is 0 Å². The van der Waals surface area contributed by atoms with Crippen LogP contribution in [0.5, 0.6) is 5.75 Å². The number of hydrogen-bond donors (Lipinski definition) is 1. The van der Waals surface area contributed by atoms with Crippen molar-refractivity contribution in [3.8, 4) is 5.75 Å². The Morgan fingerprint density at radius 1 is 1.08 bits per heavy atom. The second kappa shape index (κ2) is 7.86. The van der Waals surface area contributed by atoms with Crippen LogP contribution in [0.3, 0.4) is 0 Å². The molecule has 0 unspecified atom stereocenters. The van der Waals surface area contributed by atoms with Crippen molar-refractivity contribution in [3.05, 3.63) is 60.2 Å². The highest BCUT2D eigenvalue weighted by Crippen LogP contribution is 2.24. The Morgan fingerprint density at radius 3 is 2.25 bits per heavy atom. The van der Waals surface area contributed by atoms with E-state index in [1.807, 2.05) is 61.5 Å². The number of ether oxygens (including phenoxy) is 1. The van der Waals surface area contributed by atoms with Crippen LogP contribution in [0.2, 0.25) is 0 Å². The van der Waals surface area contributed by atoms with E-state index < -0.39 is 0 Å². The van der Waals surface area contributed by atoms with Crippen LogP contribution in [0.1, 0.15) is 26.3 Å². The Bertz CT molecular complexity index is 651. The molecule has 0 radical (unpaired) electrons. The first-order chi connectivity index (χ1) is 11.5. The Morgan fingerprint density at radius 2 is 1.71 bits per heavy atom. The number of amides is 2. The molecule has 0 bridgehead atoms. The van der Waals surface area contributed by atoms with Gasteiger partial charge in [-0.25, -0.2) is 4.79 Å². The minimum Gasteiger partial charge on any atom is -0.497 e. The largest absolute Gasteiger partial charge is 0.497 e. The van der Waals surface area contributed by atoms with Gasteiger partial charge in [-0.1, -0.05) is 44.2 Å². The van der Waals surface area contributed by atoms with E-state index >= 15 is 0 Å². The molecule has 0 fully saturated rings. The van der Waals surface area contributed by atoms with Gasteiger partial charge < -0.3 is 10.1 Å². The van der Waals surface area contributed by atoms with Crippen molar-refractivity contribution in [1.29, 1.82) is 0 Å². The molecule has 0 aliphatic heterocycles. The molecule has 0 atom stereocenters. The van der Waals surface area contributed by atoms with Gasteiger partial charge in [-0.2, -0.15) is 0 Å². The second-order valence-corrected chi connectivity index (χ2v) is 6.35. The first-order valence-electron chi connectivity index (χ1n) is 8.23. The van der Waals surface area contributed by atoms with E-state index in [1.165, 1.54) is 0 Å². The Kier molecular flexibility index (Phi) is 5.85. The lowest BCUT2D eigenvalue weighted by molar-refractivity contribution is 0.244. The van der Waals surface area contributed by atoms with E-state index in [9.17, 15) is 4.79 Å². The lowest BCUT2D eigenvalue weighted by Gasteiger charge is -2.28. The molecular formula is C20H26N2O2. The Labute approximate surface area is 144 Å². The zero-order valence-electron chi connectivity index (χ0n) is 14.9. The van der Waals surface area contributed by atoms with E-state index in [2.05, 4.69) is 19.2 Å². The SMILES string of the molecule is CCN(C(=O)NCC(C)(C)c1ccc(OC)cc1)c1ccccc1. The van der Waals surface area contributed by atoms with Crippen LogP contribution < -0.4 is 15.0 Å². The summed E-state index contributed by atoms with van der Waals surface area (Å²) in [5, 5.41) is 3.06. The van der Waals surface area contributed by atoms with Gasteiger partial charge in [0.2, 0.25) is 0 Å². The molecule has 128 valence electrons. The van der Waals surface area contributed by atoms with Crippen LogP contribution in [0.15, 0.2) is 54.6 Å². The van der Waals surface area contributed by atoms with E-state index in [0.717, 1.165) is 17.0 Å². The number of rotatable bonds is 6. The molecule has 24 heavy (non-hydrogen) atoms. The summed E-state index contributed by atoms with van der Waals surface area (Å²) >= 11 is 0. The normalized spacial score (nSPS) is 11.0. The fraction of sp³-hybridized carbons (Fsp3) is 0.350. The van der Waals surface area contributed by atoms with Gasteiger partial charge in [0.05, 0.1) is 7.11 Å². The summed E-state index contributed by atoms with van der Waals surface area (Å²) in [6, 6.07) is 17.6. The monoisotopic (exact) mass is 326 g/mol. The molecule has 0 saturated heterocycles. The number of anilines is 1. The maximum Gasteiger partial charge on any atom is 0.321 e. The highest BCUT2D eigenvalue weighted by atomic mass is 16.5. The molecule has 2 aromatic rings. The van der Waals surface area contributed by atoms with Gasteiger partial charge in [-0.05, 0) is 36.8 Å². The summed E-state index contributed by atoms with van der Waals surface area (Å²) in [7, 11) is 1.66. The maximum atomic E-state index is 12.5. The second-order valence-electron chi connectivity index (χ2n) is 6.35. The Hall–Kier alpha value is -2.49. The molecule has 0 aliphatic carbocycles. The molecule has 1 N–H and O–H groups in total. The minimum atomic E-state index is -0.169. The number of hydrogen-bond acceptors (Lipinski definition) is 2. The highest BCUT2D eigenvalue weighted by Gasteiger charge is 2.23. The van der Waals surface area contributed by atoms with E-state index in [1.54, 1.807) is 12.0 Å². The molecule has 4 nitrogen and oxygen atoms in total. The van der Waals surface area contributed by atoms with E-state index in [4.69, 9.17) is 4.74 Å². The number of methoxy groups -OCH3 is 1. The molecule has 0 spiro atoms. The van der Waals surface area contributed by atoms with Gasteiger partial charge in [-0.3, -0.25) is 4.90 Å². The number of nitrogens with one attached hydrogen (secondary N) is 1. The van der Waals surface area contributed by atoms with Gasteiger partial charge in [0, 0.05) is 24.2 Å². The van der Waals surface area contributed by atoms with Gasteiger partial charge in [0.15, 0.2) is 0 Å². The number of para-hydroxylation sites is 1. The molecule has 0 aromatic heterocycles. The Balaban J connectivity index is 2.03. The summed E-state index contributed by atoms with van der Waals surface area (Å²) in [5.41, 5.74) is 1.89. The average Bonchev–Trinajstić information content (AvgIpc) is 2.61. The van der Waals surface area contributed by atoms with Crippen LogP contribution >= 0.6 is 0 Å². The maximum absolute atomic E-state index is 12.5. The summed E-state index contributed by atoms with van der Waals surface area (Å²) in [6.07, 6.45) is 0. The minimum absolute atomic E-state index is 0.0784. The summed E-state index contributed by atoms with van der Waals surface area (Å²) in [6.45, 7) is 7.39. The molecule has 2 aromatic carbocycles.